The van der Waals surface area contributed by atoms with Gasteiger partial charge < -0.3 is 74.6 Å². The van der Waals surface area contributed by atoms with Crippen molar-refractivity contribution in [2.75, 3.05) is 41.5 Å². The van der Waals surface area contributed by atoms with Crippen molar-refractivity contribution in [3.63, 3.8) is 0 Å². The second-order valence-electron chi connectivity index (χ2n) is 20.1. The van der Waals surface area contributed by atoms with Crippen LogP contribution < -0.4 is 11.1 Å². The summed E-state index contributed by atoms with van der Waals surface area (Å²) in [6.45, 7) is 16.4. The van der Waals surface area contributed by atoms with Gasteiger partial charge in [-0.05, 0) is 64.9 Å². The van der Waals surface area contributed by atoms with Crippen molar-refractivity contribution in [1.29, 1.82) is 0 Å². The highest BCUT2D eigenvalue weighted by molar-refractivity contribution is 7.46. The summed E-state index contributed by atoms with van der Waals surface area (Å²) in [5, 5.41) is 58.3. The van der Waals surface area contributed by atoms with Crippen molar-refractivity contribution in [1.82, 2.24) is 15.2 Å². The summed E-state index contributed by atoms with van der Waals surface area (Å²) in [5.74, 6) is -4.23. The molecule has 3 heterocycles. The molecule has 1 spiro atoms. The number of phosphoric ester groups is 1. The summed E-state index contributed by atoms with van der Waals surface area (Å²) < 4.78 is 48.2. The third-order valence-electron chi connectivity index (χ3n) is 14.1. The Hall–Kier alpha value is -3.44. The van der Waals surface area contributed by atoms with E-state index in [9.17, 15) is 49.5 Å². The highest BCUT2D eigenvalue weighted by Gasteiger charge is 2.68. The number of amides is 2. The maximum absolute atomic E-state index is 12.6. The number of nitrogens with one attached hydrogen (secondary N) is 1. The lowest BCUT2D eigenvalue weighted by atomic mass is 9.72. The summed E-state index contributed by atoms with van der Waals surface area (Å²) in [4.78, 5) is 50.4. The Morgan fingerprint density at radius 2 is 1.72 bits per heavy atom. The molecule has 0 aliphatic carbocycles. The number of oxazole rings is 1. The van der Waals surface area contributed by atoms with Crippen LogP contribution in [-0.4, -0.2) is 165 Å². The van der Waals surface area contributed by atoms with Gasteiger partial charge in [0.2, 0.25) is 5.91 Å². The predicted molar refractivity (Wildman–Crippen MR) is 266 cm³/mol. The summed E-state index contributed by atoms with van der Waals surface area (Å²) in [6.07, 6.45) is 3.69. The van der Waals surface area contributed by atoms with Crippen molar-refractivity contribution >= 4 is 25.7 Å². The number of aliphatic hydroxyl groups is 5. The first-order valence-corrected chi connectivity index (χ1v) is 25.6. The van der Waals surface area contributed by atoms with E-state index < -0.39 is 110 Å². The third-order valence-corrected chi connectivity index (χ3v) is 14.6. The van der Waals surface area contributed by atoms with Crippen LogP contribution in [-0.2, 0) is 37.6 Å². The molecule has 71 heavy (non-hydrogen) atoms. The number of carbonyl (C=O) groups excluding carboxylic acids is 2. The van der Waals surface area contributed by atoms with Crippen LogP contribution in [0.2, 0.25) is 0 Å². The molecule has 2 saturated heterocycles. The Morgan fingerprint density at radius 1 is 1.06 bits per heavy atom. The van der Waals surface area contributed by atoms with E-state index in [1.807, 2.05) is 46.8 Å². The Bertz CT molecular complexity index is 2080. The molecule has 3 rings (SSSR count). The lowest BCUT2D eigenvalue weighted by Crippen LogP contribution is -2.58. The summed E-state index contributed by atoms with van der Waals surface area (Å²) in [5.41, 5.74) is 6.90. The number of likely N-dealkylation sites (N-methyl/N-ethyl adjacent to an activating group) is 1. The minimum Gasteiger partial charge on any atom is -0.448 e. The SMILES string of the molecule is COC[C@@H]([C@H](O)[C@H](O)C(=O)NCC[C@H](C)c1nc(/C=C/C[C@H]2O[C@]3(C[C@@H](O)[C@@H]2C)O[C@H]([C@H](C[C@H](O)[C@H](C)[C@H](O)[C@H](C)\C=C(C)/C(C)=C/C=C/C(C)=C\C(N)=O)OC)[C@H](OP(=O)(O)O)C3(C)C)co1)N(C)C. The fourth-order valence-corrected chi connectivity index (χ4v) is 9.77. The van der Waals surface area contributed by atoms with Crippen LogP contribution in [0.4, 0.5) is 0 Å². The van der Waals surface area contributed by atoms with E-state index in [1.54, 1.807) is 71.0 Å². The summed E-state index contributed by atoms with van der Waals surface area (Å²) in [6, 6.07) is -0.597. The van der Waals surface area contributed by atoms with E-state index >= 15 is 0 Å². The molecule has 2 amide bonds. The summed E-state index contributed by atoms with van der Waals surface area (Å²) in [7, 11) is 1.10. The van der Waals surface area contributed by atoms with E-state index in [-0.39, 0.29) is 38.3 Å². The maximum atomic E-state index is 12.6. The van der Waals surface area contributed by atoms with E-state index in [1.165, 1.54) is 26.6 Å². The van der Waals surface area contributed by atoms with Crippen LogP contribution in [0.25, 0.3) is 6.08 Å². The Labute approximate surface area is 419 Å². The molecule has 10 N–H and O–H groups in total. The number of ether oxygens (including phenoxy) is 4. The molecule has 0 bridgehead atoms. The molecule has 0 radical (unpaired) electrons. The van der Waals surface area contributed by atoms with Crippen LogP contribution in [0.15, 0.2) is 63.9 Å². The number of aromatic nitrogens is 1. The van der Waals surface area contributed by atoms with Gasteiger partial charge in [0.1, 0.15) is 30.3 Å². The minimum absolute atomic E-state index is 0.0709. The number of rotatable bonds is 27. The molecule has 2 fully saturated rings. The van der Waals surface area contributed by atoms with Crippen LogP contribution in [0.5, 0.6) is 0 Å². The molecule has 1 aromatic rings. The zero-order valence-corrected chi connectivity index (χ0v) is 44.6. The number of aliphatic hydroxyl groups excluding tert-OH is 5. The highest BCUT2D eigenvalue weighted by atomic mass is 31.2. The van der Waals surface area contributed by atoms with Gasteiger partial charge in [-0.3, -0.25) is 14.1 Å². The number of phosphoric acid groups is 1. The molecular weight excluding hydrogens is 944 g/mol. The van der Waals surface area contributed by atoms with Crippen LogP contribution in [0.3, 0.4) is 0 Å². The first kappa shape index (κ1) is 61.9. The van der Waals surface area contributed by atoms with Gasteiger partial charge in [-0.25, -0.2) is 9.55 Å². The lowest BCUT2D eigenvalue weighted by Gasteiger charge is -2.50. The summed E-state index contributed by atoms with van der Waals surface area (Å²) >= 11 is 0. The second kappa shape index (κ2) is 27.2. The number of nitrogens with two attached hydrogens (primary N) is 1. The van der Waals surface area contributed by atoms with E-state index in [2.05, 4.69) is 10.3 Å². The fourth-order valence-electron chi connectivity index (χ4n) is 9.09. The van der Waals surface area contributed by atoms with Gasteiger partial charge in [-0.15, -0.1) is 0 Å². The second-order valence-corrected chi connectivity index (χ2v) is 21.3. The van der Waals surface area contributed by atoms with Gasteiger partial charge in [0, 0.05) is 68.8 Å². The number of methoxy groups -OCH3 is 2. The highest BCUT2D eigenvalue weighted by Crippen LogP contribution is 2.59. The van der Waals surface area contributed by atoms with Gasteiger partial charge in [0.05, 0.1) is 43.2 Å². The minimum atomic E-state index is -5.16. The number of primary amides is 1. The normalized spacial score (nSPS) is 27.5. The Morgan fingerprint density at radius 3 is 2.31 bits per heavy atom. The Balaban J connectivity index is 1.74. The zero-order valence-electron chi connectivity index (χ0n) is 43.7. The number of allylic oxidation sites excluding steroid dienone is 6. The first-order valence-electron chi connectivity index (χ1n) is 24.1. The maximum Gasteiger partial charge on any atom is 0.469 e. The van der Waals surface area contributed by atoms with Gasteiger partial charge in [0.15, 0.2) is 17.8 Å². The van der Waals surface area contributed by atoms with E-state index in [0.717, 1.165) is 11.1 Å². The molecular formula is C50H83N4O16P. The topological polar surface area (TPSA) is 306 Å². The Kier molecular flexibility index (Phi) is 23.7. The molecule has 0 unspecified atom stereocenters. The van der Waals surface area contributed by atoms with Crippen LogP contribution in [0, 0.1) is 23.2 Å². The molecule has 404 valence electrons. The van der Waals surface area contributed by atoms with E-state index in [0.29, 0.717) is 23.6 Å². The lowest BCUT2D eigenvalue weighted by molar-refractivity contribution is -0.334. The van der Waals surface area contributed by atoms with Crippen LogP contribution in [0.1, 0.15) is 105 Å². The van der Waals surface area contributed by atoms with Crippen molar-refractivity contribution < 1.29 is 77.4 Å². The van der Waals surface area contributed by atoms with Crippen molar-refractivity contribution in [2.24, 2.45) is 28.9 Å². The van der Waals surface area contributed by atoms with Crippen LogP contribution >= 0.6 is 7.82 Å². The van der Waals surface area contributed by atoms with Gasteiger partial charge in [-0.1, -0.05) is 77.5 Å². The molecule has 0 aromatic carbocycles. The molecule has 20 nitrogen and oxygen atoms in total. The smallest absolute Gasteiger partial charge is 0.448 e. The van der Waals surface area contributed by atoms with Gasteiger partial charge >= 0.3 is 7.82 Å². The quantitative estimate of drug-likeness (QED) is 0.0345. The number of carbonyl (C=O) groups is 2. The molecule has 2 aliphatic heterocycles. The van der Waals surface area contributed by atoms with Crippen molar-refractivity contribution in [2.45, 2.75) is 161 Å². The standard InChI is InChI=1S/C50H83N4O16P/c1-28(22-41(51)57)16-14-17-29(2)31(4)23-32(5)42(58)34(7)37(55)24-40(66-13)45-46(70-71(62,63)64)49(8,9)50(69-45)25-38(56)33(6)39(68-50)19-15-18-35-26-67-48(53-35)30(3)20-21-52-47(61)44(60)43(59)36(27-65-12)54(10)11/h14-18,22-23,26,30,32-34,36-40,42-46,55-56,58-60H,19-21,24-25,27H2,1-13H3,(H2,51,57)(H,52,61)(H2,62,63,64)/b16-14+,18-15+,28-22-,29-17+,31-23-/t30-,32+,33-,34-,36-,37-,38+,39+,40-,42+,43-,44-,45+,46-,50+/m0/s1. The molecule has 0 saturated carbocycles. The largest absolute Gasteiger partial charge is 0.469 e. The van der Waals surface area contributed by atoms with Crippen molar-refractivity contribution in [3.05, 3.63) is 71.0 Å². The molecule has 2 aliphatic rings. The van der Waals surface area contributed by atoms with Crippen molar-refractivity contribution in [3.8, 4) is 0 Å². The third kappa shape index (κ3) is 17.0. The number of hydrogen-bond donors (Lipinski definition) is 9. The number of nitrogens with zero attached hydrogens (tertiary/aromatic N) is 2. The molecule has 21 heteroatoms. The first-order chi connectivity index (χ1) is 33.0. The van der Waals surface area contributed by atoms with Gasteiger partial charge in [-0.2, -0.15) is 0 Å². The average Bonchev–Trinajstić information content (AvgIpc) is 3.83. The van der Waals surface area contributed by atoms with E-state index in [4.69, 9.17) is 33.6 Å². The fraction of sp³-hybridized carbons (Fsp3) is 0.700. The molecule has 1 aromatic heterocycles. The molecule has 15 atom stereocenters. The van der Waals surface area contributed by atoms with Gasteiger partial charge in [0.25, 0.3) is 5.91 Å². The number of hydrogen-bond acceptors (Lipinski definition) is 16. The predicted octanol–water partition coefficient (Wildman–Crippen LogP) is 3.65. The zero-order chi connectivity index (χ0) is 53.8. The monoisotopic (exact) mass is 1030 g/mol. The average molecular weight is 1030 g/mol.